The molecule has 4 nitrogen and oxygen atoms in total. The van der Waals surface area contributed by atoms with Gasteiger partial charge in [-0.15, -0.1) is 0 Å². The van der Waals surface area contributed by atoms with Crippen molar-refractivity contribution in [1.82, 2.24) is 10.6 Å². The molecule has 0 aromatic rings. The van der Waals surface area contributed by atoms with Crippen LogP contribution in [0.2, 0.25) is 0 Å². The van der Waals surface area contributed by atoms with Crippen LogP contribution in [0.25, 0.3) is 0 Å². The molecule has 0 bridgehead atoms. The second-order valence-electron chi connectivity index (χ2n) is 1.59. The zero-order chi connectivity index (χ0) is 6.69. The van der Waals surface area contributed by atoms with E-state index in [1.165, 1.54) is 19.5 Å². The summed E-state index contributed by atoms with van der Waals surface area (Å²) < 4.78 is 0. The third-order valence-electron chi connectivity index (χ3n) is 0.764. The minimum Gasteiger partial charge on any atom is -0.310 e. The van der Waals surface area contributed by atoms with Crippen LogP contribution in [0.5, 0.6) is 0 Å². The first-order valence-electron chi connectivity index (χ1n) is 2.49. The Morgan fingerprint density at radius 2 is 2.56 bits per heavy atom. The number of carbonyl (C=O) groups is 1. The fourth-order valence-corrected chi connectivity index (χ4v) is 0.478. The molecule has 0 spiro atoms. The molecular weight excluding hydrogens is 118 g/mol. The van der Waals surface area contributed by atoms with Crippen molar-refractivity contribution in [1.29, 1.82) is 0 Å². The number of nitrogens with zero attached hydrogens (tertiary/aromatic N) is 2. The fraction of sp³-hybridized carbons (Fsp3) is 0.200. The molecule has 4 heteroatoms. The van der Waals surface area contributed by atoms with Gasteiger partial charge in [-0.3, -0.25) is 4.79 Å². The van der Waals surface area contributed by atoms with Gasteiger partial charge in [0.2, 0.25) is 5.91 Å². The summed E-state index contributed by atoms with van der Waals surface area (Å²) in [6.07, 6.45) is 2.87. The molecule has 0 aromatic heterocycles. The summed E-state index contributed by atoms with van der Waals surface area (Å²) in [5.74, 6) is 0.373. The van der Waals surface area contributed by atoms with Crippen molar-refractivity contribution in [2.45, 2.75) is 6.92 Å². The van der Waals surface area contributed by atoms with Gasteiger partial charge in [-0.1, -0.05) is 0 Å². The van der Waals surface area contributed by atoms with Gasteiger partial charge in [0.25, 0.3) is 0 Å². The summed E-state index contributed by atoms with van der Waals surface area (Å²) in [4.78, 5) is 14.0. The lowest BCUT2D eigenvalue weighted by atomic mass is 10.6. The van der Waals surface area contributed by atoms with Crippen molar-refractivity contribution in [3.05, 3.63) is 12.0 Å². The first kappa shape index (κ1) is 5.81. The molecule has 47 valence electrons. The number of hydrogen-bond acceptors (Lipinski definition) is 2. The normalized spacial score (nSPS) is 14.6. The molecule has 1 rings (SSSR count). The molecule has 1 amide bonds. The lowest BCUT2D eigenvalue weighted by Gasteiger charge is -1.96. The number of amides is 1. The average Bonchev–Trinajstić information content (AvgIpc) is 2.15. The van der Waals surface area contributed by atoms with E-state index in [4.69, 9.17) is 0 Å². The number of aliphatic imine (C=N–C) groups is 1. The summed E-state index contributed by atoms with van der Waals surface area (Å²) in [6, 6.07) is 0. The van der Waals surface area contributed by atoms with E-state index in [-0.39, 0.29) is 5.91 Å². The second-order valence-corrected chi connectivity index (χ2v) is 1.59. The summed E-state index contributed by atoms with van der Waals surface area (Å²) >= 11 is 0. The van der Waals surface area contributed by atoms with Gasteiger partial charge in [-0.2, -0.15) is 0 Å². The summed E-state index contributed by atoms with van der Waals surface area (Å²) in [7, 11) is 0. The molecule has 1 radical (unpaired) electrons. The van der Waals surface area contributed by atoms with Gasteiger partial charge >= 0.3 is 0 Å². The predicted octanol–water partition coefficient (Wildman–Crippen LogP) is -0.432. The largest absolute Gasteiger partial charge is 0.310 e. The van der Waals surface area contributed by atoms with E-state index < -0.39 is 0 Å². The van der Waals surface area contributed by atoms with Crippen LogP contribution in [0, 0.1) is 0 Å². The molecule has 0 saturated carbocycles. The molecular formula is C5H6N3O. The topological polar surface area (TPSA) is 55.6 Å². The average molecular weight is 124 g/mol. The van der Waals surface area contributed by atoms with Gasteiger partial charge in [0.15, 0.2) is 5.82 Å². The van der Waals surface area contributed by atoms with Gasteiger partial charge in [0.1, 0.15) is 6.34 Å². The Bertz CT molecular complexity index is 183. The van der Waals surface area contributed by atoms with Crippen molar-refractivity contribution in [2.75, 3.05) is 0 Å². The highest BCUT2D eigenvalue weighted by Crippen LogP contribution is 1.90. The van der Waals surface area contributed by atoms with Crippen molar-refractivity contribution < 1.29 is 4.79 Å². The minimum atomic E-state index is -0.129. The third kappa shape index (κ3) is 1.56. The Balaban J connectivity index is 2.39. The van der Waals surface area contributed by atoms with Crippen LogP contribution < -0.4 is 10.6 Å². The third-order valence-corrected chi connectivity index (χ3v) is 0.764. The Labute approximate surface area is 52.7 Å². The maximum atomic E-state index is 10.3. The van der Waals surface area contributed by atoms with E-state index in [2.05, 4.69) is 15.6 Å². The Morgan fingerprint density at radius 3 is 3.00 bits per heavy atom. The zero-order valence-electron chi connectivity index (χ0n) is 4.96. The quantitative estimate of drug-likeness (QED) is 0.506. The van der Waals surface area contributed by atoms with E-state index in [0.717, 1.165) is 0 Å². The van der Waals surface area contributed by atoms with Crippen LogP contribution in [0.15, 0.2) is 17.0 Å². The minimum absolute atomic E-state index is 0.129. The summed E-state index contributed by atoms with van der Waals surface area (Å²) in [5.41, 5.74) is 0. The molecule has 1 aliphatic rings. The van der Waals surface area contributed by atoms with Crippen molar-refractivity contribution >= 4 is 12.2 Å². The van der Waals surface area contributed by atoms with Gasteiger partial charge in [0.05, 0.1) is 6.20 Å². The maximum absolute atomic E-state index is 10.3. The SMILES string of the molecule is CC(=O)NC1=CN=C[N]1. The maximum Gasteiger partial charge on any atom is 0.222 e. The van der Waals surface area contributed by atoms with Crippen LogP contribution in [0.1, 0.15) is 6.92 Å². The molecule has 1 heterocycles. The second kappa shape index (κ2) is 2.30. The molecule has 0 unspecified atom stereocenters. The lowest BCUT2D eigenvalue weighted by molar-refractivity contribution is -0.118. The van der Waals surface area contributed by atoms with E-state index in [9.17, 15) is 4.79 Å². The molecule has 1 N–H and O–H groups in total. The number of rotatable bonds is 1. The number of nitrogens with one attached hydrogen (secondary N) is 1. The van der Waals surface area contributed by atoms with Crippen molar-refractivity contribution in [3.63, 3.8) is 0 Å². The van der Waals surface area contributed by atoms with Crippen molar-refractivity contribution in [2.24, 2.45) is 4.99 Å². The molecule has 9 heavy (non-hydrogen) atoms. The molecule has 0 saturated heterocycles. The number of carbonyl (C=O) groups excluding carboxylic acids is 1. The van der Waals surface area contributed by atoms with Gasteiger partial charge < -0.3 is 5.32 Å². The van der Waals surface area contributed by atoms with Crippen LogP contribution in [-0.4, -0.2) is 12.2 Å². The van der Waals surface area contributed by atoms with Gasteiger partial charge in [-0.25, -0.2) is 10.3 Å². The van der Waals surface area contributed by atoms with Crippen LogP contribution in [-0.2, 0) is 4.79 Å². The molecule has 0 aliphatic carbocycles. The van der Waals surface area contributed by atoms with Crippen LogP contribution in [0.4, 0.5) is 0 Å². The van der Waals surface area contributed by atoms with E-state index in [0.29, 0.717) is 5.82 Å². The zero-order valence-corrected chi connectivity index (χ0v) is 4.96. The lowest BCUT2D eigenvalue weighted by Crippen LogP contribution is -2.22. The summed E-state index contributed by atoms with van der Waals surface area (Å²) in [6.45, 7) is 1.43. The summed E-state index contributed by atoms with van der Waals surface area (Å²) in [5, 5.41) is 6.19. The molecule has 0 aromatic carbocycles. The van der Waals surface area contributed by atoms with E-state index in [1.54, 1.807) is 0 Å². The standard InChI is InChI=1S/C5H6N3O/c1-4(9)8-5-2-6-3-7-5/h2-3H,1H3,(H,8,9). The Kier molecular flexibility index (Phi) is 1.48. The van der Waals surface area contributed by atoms with E-state index >= 15 is 0 Å². The highest BCUT2D eigenvalue weighted by Gasteiger charge is 2.00. The van der Waals surface area contributed by atoms with Crippen LogP contribution in [0.3, 0.4) is 0 Å². The first-order valence-corrected chi connectivity index (χ1v) is 2.49. The Morgan fingerprint density at radius 1 is 1.78 bits per heavy atom. The predicted molar refractivity (Wildman–Crippen MR) is 32.5 cm³/mol. The van der Waals surface area contributed by atoms with Gasteiger partial charge in [-0.05, 0) is 0 Å². The fourth-order valence-electron chi connectivity index (χ4n) is 0.478. The number of hydrogen-bond donors (Lipinski definition) is 1. The molecule has 1 aliphatic heterocycles. The van der Waals surface area contributed by atoms with Crippen LogP contribution >= 0.6 is 0 Å². The Hall–Kier alpha value is -1.32. The van der Waals surface area contributed by atoms with Gasteiger partial charge in [0, 0.05) is 6.92 Å². The highest BCUT2D eigenvalue weighted by molar-refractivity contribution is 5.76. The smallest absolute Gasteiger partial charge is 0.222 e. The first-order chi connectivity index (χ1) is 4.29. The molecule has 0 fully saturated rings. The van der Waals surface area contributed by atoms with E-state index in [1.807, 2.05) is 0 Å². The monoisotopic (exact) mass is 124 g/mol. The molecule has 0 atom stereocenters. The highest BCUT2D eigenvalue weighted by atomic mass is 16.1. The van der Waals surface area contributed by atoms with Crippen molar-refractivity contribution in [3.8, 4) is 0 Å².